The topological polar surface area (TPSA) is 38.8 Å². The molecule has 1 atom stereocenters. The van der Waals surface area contributed by atoms with E-state index in [9.17, 15) is 4.79 Å². The molecular weight excluding hydrogens is 242 g/mol. The van der Waals surface area contributed by atoms with Crippen molar-refractivity contribution >= 4 is 6.09 Å². The molecule has 0 bridgehead atoms. The molecule has 1 amide bonds. The van der Waals surface area contributed by atoms with Crippen LogP contribution in [0.3, 0.4) is 0 Å². The standard InChI is InChI=1S/C15H23NO3/c1-5-16(15(17)19-6-2)14(11-18-4)13-10-8-7-9-12(13)3/h7-10,14H,5-6,11H2,1-4H3. The molecule has 0 heterocycles. The van der Waals surface area contributed by atoms with E-state index >= 15 is 0 Å². The van der Waals surface area contributed by atoms with Gasteiger partial charge < -0.3 is 9.47 Å². The predicted molar refractivity (Wildman–Crippen MR) is 75.2 cm³/mol. The van der Waals surface area contributed by atoms with Crippen LogP contribution in [0.4, 0.5) is 4.79 Å². The number of nitrogens with zero attached hydrogens (tertiary/aromatic N) is 1. The highest BCUT2D eigenvalue weighted by Crippen LogP contribution is 2.24. The molecular formula is C15H23NO3. The fourth-order valence-corrected chi connectivity index (χ4v) is 2.15. The van der Waals surface area contributed by atoms with Gasteiger partial charge in [-0.15, -0.1) is 0 Å². The first-order valence-electron chi connectivity index (χ1n) is 6.63. The first-order valence-corrected chi connectivity index (χ1v) is 6.63. The van der Waals surface area contributed by atoms with E-state index in [2.05, 4.69) is 0 Å². The molecule has 0 spiro atoms. The first-order chi connectivity index (χ1) is 9.15. The molecule has 19 heavy (non-hydrogen) atoms. The number of ether oxygens (including phenoxy) is 2. The number of rotatable bonds is 6. The Morgan fingerprint density at radius 3 is 2.53 bits per heavy atom. The van der Waals surface area contributed by atoms with Crippen molar-refractivity contribution in [3.05, 3.63) is 35.4 Å². The van der Waals surface area contributed by atoms with Gasteiger partial charge in [-0.3, -0.25) is 4.90 Å². The minimum absolute atomic E-state index is 0.116. The van der Waals surface area contributed by atoms with Crippen molar-refractivity contribution in [1.82, 2.24) is 4.90 Å². The second kappa shape index (κ2) is 7.79. The maximum atomic E-state index is 12.0. The summed E-state index contributed by atoms with van der Waals surface area (Å²) in [6, 6.07) is 7.92. The number of benzene rings is 1. The van der Waals surface area contributed by atoms with Crippen molar-refractivity contribution in [2.24, 2.45) is 0 Å². The summed E-state index contributed by atoms with van der Waals surface area (Å²) in [6.45, 7) is 7.21. The second-order valence-electron chi connectivity index (χ2n) is 4.31. The predicted octanol–water partition coefficient (Wildman–Crippen LogP) is 3.16. The molecule has 0 N–H and O–H groups in total. The lowest BCUT2D eigenvalue weighted by molar-refractivity contribution is 0.0623. The van der Waals surface area contributed by atoms with Gasteiger partial charge in [0.05, 0.1) is 19.3 Å². The third-order valence-corrected chi connectivity index (χ3v) is 3.09. The summed E-state index contributed by atoms with van der Waals surface area (Å²) >= 11 is 0. The zero-order valence-corrected chi connectivity index (χ0v) is 12.2. The van der Waals surface area contributed by atoms with E-state index in [0.29, 0.717) is 19.8 Å². The third-order valence-electron chi connectivity index (χ3n) is 3.09. The van der Waals surface area contributed by atoms with Crippen molar-refractivity contribution in [3.8, 4) is 0 Å². The maximum absolute atomic E-state index is 12.0. The maximum Gasteiger partial charge on any atom is 0.410 e. The van der Waals surface area contributed by atoms with Gasteiger partial charge in [-0.1, -0.05) is 24.3 Å². The van der Waals surface area contributed by atoms with Crippen LogP contribution in [-0.2, 0) is 9.47 Å². The van der Waals surface area contributed by atoms with Crippen LogP contribution in [0, 0.1) is 6.92 Å². The van der Waals surface area contributed by atoms with Crippen LogP contribution in [-0.4, -0.2) is 37.9 Å². The van der Waals surface area contributed by atoms with Crippen molar-refractivity contribution in [1.29, 1.82) is 0 Å². The van der Waals surface area contributed by atoms with Crippen LogP contribution < -0.4 is 0 Å². The van der Waals surface area contributed by atoms with E-state index in [4.69, 9.17) is 9.47 Å². The molecule has 1 aromatic carbocycles. The van der Waals surface area contributed by atoms with E-state index in [1.165, 1.54) is 0 Å². The number of hydrogen-bond donors (Lipinski definition) is 0. The summed E-state index contributed by atoms with van der Waals surface area (Å²) in [7, 11) is 1.64. The van der Waals surface area contributed by atoms with Crippen molar-refractivity contribution < 1.29 is 14.3 Å². The van der Waals surface area contributed by atoms with Gasteiger partial charge in [0.25, 0.3) is 0 Å². The van der Waals surface area contributed by atoms with Crippen LogP contribution >= 0.6 is 0 Å². The normalized spacial score (nSPS) is 12.0. The van der Waals surface area contributed by atoms with Crippen LogP contribution in [0.2, 0.25) is 0 Å². The number of amides is 1. The molecule has 1 aromatic rings. The molecule has 1 unspecified atom stereocenters. The molecule has 1 rings (SSSR count). The van der Waals surface area contributed by atoms with Crippen LogP contribution in [0.15, 0.2) is 24.3 Å². The molecule has 0 aliphatic carbocycles. The average Bonchev–Trinajstić information content (AvgIpc) is 2.40. The number of hydrogen-bond acceptors (Lipinski definition) is 3. The Morgan fingerprint density at radius 1 is 1.32 bits per heavy atom. The fourth-order valence-electron chi connectivity index (χ4n) is 2.15. The Hall–Kier alpha value is -1.55. The minimum atomic E-state index is -0.296. The Balaban J connectivity index is 3.04. The smallest absolute Gasteiger partial charge is 0.410 e. The molecule has 4 heteroatoms. The average molecular weight is 265 g/mol. The van der Waals surface area contributed by atoms with Crippen molar-refractivity contribution in [2.45, 2.75) is 26.8 Å². The lowest BCUT2D eigenvalue weighted by Crippen LogP contribution is -2.37. The van der Waals surface area contributed by atoms with E-state index in [0.717, 1.165) is 11.1 Å². The van der Waals surface area contributed by atoms with E-state index in [-0.39, 0.29) is 12.1 Å². The molecule has 0 radical (unpaired) electrons. The monoisotopic (exact) mass is 265 g/mol. The molecule has 106 valence electrons. The lowest BCUT2D eigenvalue weighted by atomic mass is 10.0. The third kappa shape index (κ3) is 3.96. The zero-order chi connectivity index (χ0) is 14.3. The highest BCUT2D eigenvalue weighted by atomic mass is 16.6. The Labute approximate surface area is 115 Å². The molecule has 0 aliphatic heterocycles. The largest absolute Gasteiger partial charge is 0.450 e. The first kappa shape index (κ1) is 15.5. The van der Waals surface area contributed by atoms with Gasteiger partial charge in [-0.05, 0) is 31.9 Å². The summed E-state index contributed by atoms with van der Waals surface area (Å²) in [6.07, 6.45) is -0.296. The van der Waals surface area contributed by atoms with Gasteiger partial charge in [-0.25, -0.2) is 4.79 Å². The van der Waals surface area contributed by atoms with Gasteiger partial charge in [0, 0.05) is 13.7 Å². The Morgan fingerprint density at radius 2 is 2.00 bits per heavy atom. The van der Waals surface area contributed by atoms with Crippen molar-refractivity contribution in [2.75, 3.05) is 26.9 Å². The lowest BCUT2D eigenvalue weighted by Gasteiger charge is -2.30. The quantitative estimate of drug-likeness (QED) is 0.793. The summed E-state index contributed by atoms with van der Waals surface area (Å²) in [5.74, 6) is 0. The Kier molecular flexibility index (Phi) is 6.36. The molecule has 0 aromatic heterocycles. The molecule has 0 saturated carbocycles. The summed E-state index contributed by atoms with van der Waals surface area (Å²) in [4.78, 5) is 13.7. The molecule has 0 fully saturated rings. The van der Waals surface area contributed by atoms with Gasteiger partial charge in [0.2, 0.25) is 0 Å². The van der Waals surface area contributed by atoms with Crippen LogP contribution in [0.1, 0.15) is 31.0 Å². The molecule has 0 saturated heterocycles. The van der Waals surface area contributed by atoms with Crippen molar-refractivity contribution in [3.63, 3.8) is 0 Å². The van der Waals surface area contributed by atoms with E-state index in [1.807, 2.05) is 45.0 Å². The van der Waals surface area contributed by atoms with E-state index < -0.39 is 0 Å². The summed E-state index contributed by atoms with van der Waals surface area (Å²) in [5.41, 5.74) is 2.24. The Bertz CT molecular complexity index is 406. The fraction of sp³-hybridized carbons (Fsp3) is 0.533. The van der Waals surface area contributed by atoms with E-state index in [1.54, 1.807) is 12.0 Å². The summed E-state index contributed by atoms with van der Waals surface area (Å²) in [5, 5.41) is 0. The van der Waals surface area contributed by atoms with Crippen LogP contribution in [0.5, 0.6) is 0 Å². The number of methoxy groups -OCH3 is 1. The number of aryl methyl sites for hydroxylation is 1. The molecule has 0 aliphatic rings. The number of carbonyl (C=O) groups is 1. The summed E-state index contributed by atoms with van der Waals surface area (Å²) < 4.78 is 10.4. The SMILES string of the molecule is CCOC(=O)N(CC)C(COC)c1ccccc1C. The molecule has 4 nitrogen and oxygen atoms in total. The van der Waals surface area contributed by atoms with Gasteiger partial charge in [0.15, 0.2) is 0 Å². The van der Waals surface area contributed by atoms with Gasteiger partial charge >= 0.3 is 6.09 Å². The minimum Gasteiger partial charge on any atom is -0.450 e. The second-order valence-corrected chi connectivity index (χ2v) is 4.31. The zero-order valence-electron chi connectivity index (χ0n) is 12.2. The number of likely N-dealkylation sites (N-methyl/N-ethyl adjacent to an activating group) is 1. The van der Waals surface area contributed by atoms with Crippen LogP contribution in [0.25, 0.3) is 0 Å². The highest BCUT2D eigenvalue weighted by Gasteiger charge is 2.25. The van der Waals surface area contributed by atoms with Gasteiger partial charge in [0.1, 0.15) is 0 Å². The number of carbonyl (C=O) groups excluding carboxylic acids is 1. The van der Waals surface area contributed by atoms with Gasteiger partial charge in [-0.2, -0.15) is 0 Å². The highest BCUT2D eigenvalue weighted by molar-refractivity contribution is 5.68.